The predicted octanol–water partition coefficient (Wildman–Crippen LogP) is 3.37. The van der Waals surface area contributed by atoms with Crippen molar-refractivity contribution < 1.29 is 4.42 Å². The third-order valence-electron chi connectivity index (χ3n) is 6.17. The van der Waals surface area contributed by atoms with Gasteiger partial charge in [0.1, 0.15) is 5.82 Å². The minimum absolute atomic E-state index is 0.192. The van der Waals surface area contributed by atoms with Crippen LogP contribution in [0.15, 0.2) is 66.0 Å². The van der Waals surface area contributed by atoms with Gasteiger partial charge in [-0.3, -0.25) is 15.1 Å². The largest absolute Gasteiger partial charge is 0.472 e. The van der Waals surface area contributed by atoms with Crippen LogP contribution in [0.3, 0.4) is 0 Å². The van der Waals surface area contributed by atoms with E-state index in [0.29, 0.717) is 5.65 Å². The number of hydrogen-bond donors (Lipinski definition) is 3. The molecule has 0 atom stereocenters. The summed E-state index contributed by atoms with van der Waals surface area (Å²) in [7, 11) is 0. The van der Waals surface area contributed by atoms with Gasteiger partial charge in [0, 0.05) is 58.9 Å². The lowest BCUT2D eigenvalue weighted by Gasteiger charge is -2.37. The highest BCUT2D eigenvalue weighted by Crippen LogP contribution is 2.34. The molecule has 7 rings (SSSR count). The zero-order valence-electron chi connectivity index (χ0n) is 17.9. The van der Waals surface area contributed by atoms with Crippen molar-refractivity contribution >= 4 is 27.8 Å². The number of aromatic nitrogens is 7. The van der Waals surface area contributed by atoms with E-state index in [1.54, 1.807) is 37.3 Å². The van der Waals surface area contributed by atoms with E-state index in [0.717, 1.165) is 69.1 Å². The summed E-state index contributed by atoms with van der Waals surface area (Å²) in [6, 6.07) is 8.15. The quantitative estimate of drug-likeness (QED) is 0.372. The topological polar surface area (TPSA) is 138 Å². The van der Waals surface area contributed by atoms with Crippen molar-refractivity contribution in [1.82, 2.24) is 35.1 Å². The van der Waals surface area contributed by atoms with Gasteiger partial charge in [0.15, 0.2) is 5.65 Å². The molecular formula is C24H19N9O. The number of rotatable bonds is 4. The number of anilines is 1. The maximum Gasteiger partial charge on any atom is 0.181 e. The standard InChI is InChI=1S/C24H19N9O/c25-15-10-33(11-15)21-9-26-8-20(30-21)14-5-17-23(31-32-24(17)28-7-14)19-6-16-18(29-19)1-3-27-22(16)13-2-4-34-12-13/h1-9,12,15,29H,10-11,25H2,(H,28,31,32). The van der Waals surface area contributed by atoms with Crippen LogP contribution >= 0.6 is 0 Å². The number of nitrogens with one attached hydrogen (secondary N) is 2. The van der Waals surface area contributed by atoms with Crippen molar-refractivity contribution in [1.29, 1.82) is 0 Å². The molecule has 0 saturated carbocycles. The molecule has 1 aliphatic heterocycles. The number of nitrogens with zero attached hydrogens (tertiary/aromatic N) is 6. The summed E-state index contributed by atoms with van der Waals surface area (Å²) < 4.78 is 5.25. The zero-order valence-corrected chi connectivity index (χ0v) is 17.9. The zero-order chi connectivity index (χ0) is 22.6. The van der Waals surface area contributed by atoms with E-state index in [-0.39, 0.29) is 6.04 Å². The monoisotopic (exact) mass is 449 g/mol. The van der Waals surface area contributed by atoms with Crippen LogP contribution in [0.1, 0.15) is 0 Å². The second-order valence-electron chi connectivity index (χ2n) is 8.44. The number of fused-ring (bicyclic) bond motifs is 2. The molecule has 0 bridgehead atoms. The SMILES string of the molecule is NC1CN(c2cncc(-c3cnc4n[nH]c(-c5cc6c(-c7ccoc7)nccc6[nH]5)c4c3)n2)C1. The van der Waals surface area contributed by atoms with Gasteiger partial charge in [0.25, 0.3) is 0 Å². The van der Waals surface area contributed by atoms with Crippen LogP contribution in [0.2, 0.25) is 0 Å². The molecule has 0 spiro atoms. The second-order valence-corrected chi connectivity index (χ2v) is 8.44. The van der Waals surface area contributed by atoms with E-state index in [4.69, 9.17) is 15.1 Å². The molecule has 10 heteroatoms. The molecule has 0 amide bonds. The van der Waals surface area contributed by atoms with E-state index in [2.05, 4.69) is 41.1 Å². The van der Waals surface area contributed by atoms with Gasteiger partial charge in [-0.05, 0) is 24.3 Å². The van der Waals surface area contributed by atoms with E-state index in [1.807, 2.05) is 18.2 Å². The molecule has 0 unspecified atom stereocenters. The summed E-state index contributed by atoms with van der Waals surface area (Å²) in [5.41, 5.74) is 12.7. The van der Waals surface area contributed by atoms with Gasteiger partial charge in [0.05, 0.1) is 47.7 Å². The Kier molecular flexibility index (Phi) is 4.02. The Labute approximate surface area is 192 Å². The van der Waals surface area contributed by atoms with Crippen molar-refractivity contribution in [2.75, 3.05) is 18.0 Å². The van der Waals surface area contributed by atoms with Crippen molar-refractivity contribution in [3.05, 3.63) is 61.6 Å². The summed E-state index contributed by atoms with van der Waals surface area (Å²) in [5, 5.41) is 9.43. The molecule has 6 aromatic heterocycles. The molecule has 4 N–H and O–H groups in total. The van der Waals surface area contributed by atoms with Crippen molar-refractivity contribution in [3.8, 4) is 33.9 Å². The molecule has 7 heterocycles. The van der Waals surface area contributed by atoms with E-state index in [1.165, 1.54) is 0 Å². The van der Waals surface area contributed by atoms with Crippen molar-refractivity contribution in [2.24, 2.45) is 5.73 Å². The Morgan fingerprint density at radius 1 is 1.03 bits per heavy atom. The van der Waals surface area contributed by atoms with Crippen molar-refractivity contribution in [2.45, 2.75) is 6.04 Å². The lowest BCUT2D eigenvalue weighted by atomic mass is 10.1. The fourth-order valence-corrected chi connectivity index (χ4v) is 4.41. The first-order valence-corrected chi connectivity index (χ1v) is 10.9. The first-order valence-electron chi connectivity index (χ1n) is 10.9. The lowest BCUT2D eigenvalue weighted by molar-refractivity contribution is 0.514. The molecule has 6 aromatic rings. The molecule has 1 saturated heterocycles. The molecule has 0 radical (unpaired) electrons. The number of hydrogen-bond acceptors (Lipinski definition) is 8. The Morgan fingerprint density at radius 2 is 1.97 bits per heavy atom. The van der Waals surface area contributed by atoms with Crippen LogP contribution in [0.25, 0.3) is 55.8 Å². The number of nitrogens with two attached hydrogens (primary N) is 1. The van der Waals surface area contributed by atoms with Crippen LogP contribution in [0, 0.1) is 0 Å². The fourth-order valence-electron chi connectivity index (χ4n) is 4.41. The average Bonchev–Trinajstić information content (AvgIpc) is 3.60. The Balaban J connectivity index is 1.31. The Morgan fingerprint density at radius 3 is 2.82 bits per heavy atom. The Hall–Kier alpha value is -4.57. The summed E-state index contributed by atoms with van der Waals surface area (Å²) in [4.78, 5) is 23.9. The molecule has 166 valence electrons. The van der Waals surface area contributed by atoms with Gasteiger partial charge in [-0.15, -0.1) is 0 Å². The van der Waals surface area contributed by atoms with Gasteiger partial charge in [0.2, 0.25) is 0 Å². The minimum Gasteiger partial charge on any atom is -0.472 e. The minimum atomic E-state index is 0.192. The van der Waals surface area contributed by atoms with Crippen LogP contribution in [0.5, 0.6) is 0 Å². The highest BCUT2D eigenvalue weighted by Gasteiger charge is 2.24. The summed E-state index contributed by atoms with van der Waals surface area (Å²) in [6.45, 7) is 1.58. The normalized spacial score (nSPS) is 14.2. The third-order valence-corrected chi connectivity index (χ3v) is 6.17. The van der Waals surface area contributed by atoms with E-state index < -0.39 is 0 Å². The predicted molar refractivity (Wildman–Crippen MR) is 128 cm³/mol. The average molecular weight is 449 g/mol. The van der Waals surface area contributed by atoms with Gasteiger partial charge in [-0.25, -0.2) is 9.97 Å². The van der Waals surface area contributed by atoms with E-state index >= 15 is 0 Å². The van der Waals surface area contributed by atoms with Gasteiger partial charge < -0.3 is 20.0 Å². The number of furan rings is 1. The maximum atomic E-state index is 5.92. The fraction of sp³-hybridized carbons (Fsp3) is 0.125. The third kappa shape index (κ3) is 2.96. The summed E-state index contributed by atoms with van der Waals surface area (Å²) >= 11 is 0. The van der Waals surface area contributed by atoms with Crippen molar-refractivity contribution in [3.63, 3.8) is 0 Å². The van der Waals surface area contributed by atoms with Gasteiger partial charge in [-0.1, -0.05) is 0 Å². The molecule has 1 aliphatic rings. The summed E-state index contributed by atoms with van der Waals surface area (Å²) in [5.74, 6) is 0.821. The van der Waals surface area contributed by atoms with Crippen LogP contribution in [-0.4, -0.2) is 54.2 Å². The number of H-pyrrole nitrogens is 2. The molecular weight excluding hydrogens is 430 g/mol. The van der Waals surface area contributed by atoms with Gasteiger partial charge >= 0.3 is 0 Å². The second kappa shape index (κ2) is 7.22. The Bertz CT molecular complexity index is 1640. The maximum absolute atomic E-state index is 5.92. The lowest BCUT2D eigenvalue weighted by Crippen LogP contribution is -2.56. The first kappa shape index (κ1) is 18.9. The number of pyridine rings is 2. The highest BCUT2D eigenvalue weighted by atomic mass is 16.3. The molecule has 0 aromatic carbocycles. The van der Waals surface area contributed by atoms with Crippen LogP contribution in [0.4, 0.5) is 5.82 Å². The molecule has 34 heavy (non-hydrogen) atoms. The molecule has 0 aliphatic carbocycles. The molecule has 1 fully saturated rings. The summed E-state index contributed by atoms with van der Waals surface area (Å²) in [6.07, 6.45) is 10.4. The van der Waals surface area contributed by atoms with Gasteiger partial charge in [-0.2, -0.15) is 5.10 Å². The number of aromatic amines is 2. The van der Waals surface area contributed by atoms with Crippen LogP contribution in [-0.2, 0) is 0 Å². The smallest absolute Gasteiger partial charge is 0.181 e. The first-order chi connectivity index (χ1) is 16.7. The highest BCUT2D eigenvalue weighted by molar-refractivity contribution is 5.99. The molecule has 10 nitrogen and oxygen atoms in total. The van der Waals surface area contributed by atoms with E-state index in [9.17, 15) is 0 Å². The van der Waals surface area contributed by atoms with Crippen LogP contribution < -0.4 is 10.6 Å².